The van der Waals surface area contributed by atoms with Crippen LogP contribution in [0, 0.1) is 0 Å². The third-order valence-corrected chi connectivity index (χ3v) is 3.65. The minimum Gasteiger partial charge on any atom is -0.491 e. The summed E-state index contributed by atoms with van der Waals surface area (Å²) in [6.45, 7) is 4.28. The molecule has 1 aliphatic rings. The van der Waals surface area contributed by atoms with Gasteiger partial charge in [0.2, 0.25) is 5.91 Å². The molecule has 2 unspecified atom stereocenters. The highest BCUT2D eigenvalue weighted by atomic mass is 16.5. The highest BCUT2D eigenvalue weighted by Gasteiger charge is 2.26. The maximum atomic E-state index is 11.6. The number of rotatable bonds is 6. The van der Waals surface area contributed by atoms with E-state index < -0.39 is 6.10 Å². The van der Waals surface area contributed by atoms with Crippen LogP contribution in [0.5, 0.6) is 5.75 Å². The third kappa shape index (κ3) is 4.42. The summed E-state index contributed by atoms with van der Waals surface area (Å²) in [6, 6.07) is 7.29. The van der Waals surface area contributed by atoms with Gasteiger partial charge in [-0.25, -0.2) is 0 Å². The van der Waals surface area contributed by atoms with E-state index in [1.165, 1.54) is 0 Å². The first-order valence-corrected chi connectivity index (χ1v) is 7.22. The molecule has 1 saturated heterocycles. The second-order valence-electron chi connectivity index (χ2n) is 5.28. The Hall–Kier alpha value is -1.63. The lowest BCUT2D eigenvalue weighted by atomic mass is 10.2. The van der Waals surface area contributed by atoms with E-state index in [4.69, 9.17) is 10.5 Å². The quantitative estimate of drug-likeness (QED) is 0.670. The summed E-state index contributed by atoms with van der Waals surface area (Å²) in [5.41, 5.74) is 6.57. The van der Waals surface area contributed by atoms with Crippen molar-refractivity contribution in [3.8, 4) is 5.75 Å². The maximum Gasteiger partial charge on any atom is 0.237 e. The van der Waals surface area contributed by atoms with E-state index >= 15 is 0 Å². The normalized spacial score (nSPS) is 20.9. The zero-order valence-corrected chi connectivity index (χ0v) is 12.3. The Kier molecular flexibility index (Phi) is 5.55. The summed E-state index contributed by atoms with van der Waals surface area (Å²) in [5, 5.41) is 12.9. The fourth-order valence-corrected chi connectivity index (χ4v) is 2.36. The molecule has 1 aliphatic heterocycles. The molecule has 1 amide bonds. The van der Waals surface area contributed by atoms with E-state index in [1.807, 2.05) is 36.1 Å². The van der Waals surface area contributed by atoms with Crippen molar-refractivity contribution in [1.29, 1.82) is 0 Å². The van der Waals surface area contributed by atoms with Crippen molar-refractivity contribution >= 4 is 5.91 Å². The number of carbonyl (C=O) groups excluding carboxylic acids is 1. The van der Waals surface area contributed by atoms with Crippen LogP contribution in [-0.4, -0.2) is 54.3 Å². The number of carbonyl (C=O) groups is 1. The lowest BCUT2D eigenvalue weighted by Gasteiger charge is -2.33. The molecule has 2 atom stereocenters. The van der Waals surface area contributed by atoms with Crippen LogP contribution < -0.4 is 15.8 Å². The zero-order valence-electron chi connectivity index (χ0n) is 12.3. The van der Waals surface area contributed by atoms with Crippen LogP contribution in [0.15, 0.2) is 24.3 Å². The van der Waals surface area contributed by atoms with E-state index in [-0.39, 0.29) is 18.6 Å². The average Bonchev–Trinajstić information content (AvgIpc) is 2.50. The summed E-state index contributed by atoms with van der Waals surface area (Å²) in [7, 11) is 0. The van der Waals surface area contributed by atoms with Gasteiger partial charge >= 0.3 is 0 Å². The standard InChI is InChI=1S/C15H23N3O3/c1-11-15(20)17-5-6-18(11)9-13(19)10-21-14-4-2-3-12(7-14)8-16/h2-4,7,11,13,19H,5-6,8-10,16H2,1H3,(H,17,20). The number of nitrogens with two attached hydrogens (primary N) is 1. The number of amides is 1. The van der Waals surface area contributed by atoms with Gasteiger partial charge in [-0.15, -0.1) is 0 Å². The van der Waals surface area contributed by atoms with E-state index in [0.29, 0.717) is 25.4 Å². The van der Waals surface area contributed by atoms with Crippen LogP contribution in [-0.2, 0) is 11.3 Å². The number of aliphatic hydroxyl groups is 1. The van der Waals surface area contributed by atoms with Crippen molar-refractivity contribution in [2.75, 3.05) is 26.2 Å². The van der Waals surface area contributed by atoms with E-state index in [2.05, 4.69) is 5.32 Å². The minimum atomic E-state index is -0.639. The van der Waals surface area contributed by atoms with Crippen molar-refractivity contribution < 1.29 is 14.6 Å². The summed E-state index contributed by atoms with van der Waals surface area (Å²) in [5.74, 6) is 0.700. The first-order chi connectivity index (χ1) is 10.1. The van der Waals surface area contributed by atoms with Gasteiger partial charge in [-0.1, -0.05) is 12.1 Å². The first kappa shape index (κ1) is 15.8. The molecule has 1 aromatic carbocycles. The molecule has 1 aromatic rings. The topological polar surface area (TPSA) is 87.8 Å². The lowest BCUT2D eigenvalue weighted by Crippen LogP contribution is -2.55. The number of β-amino-alcohol motifs (C(OH)–C–C–N with tert-alkyl or cyclic N) is 1. The highest BCUT2D eigenvalue weighted by molar-refractivity contribution is 5.81. The fraction of sp³-hybridized carbons (Fsp3) is 0.533. The number of hydrogen-bond acceptors (Lipinski definition) is 5. The molecule has 2 rings (SSSR count). The van der Waals surface area contributed by atoms with Gasteiger partial charge in [0.05, 0.1) is 6.04 Å². The number of benzene rings is 1. The predicted octanol–water partition coefficient (Wildman–Crippen LogP) is -0.295. The third-order valence-electron chi connectivity index (χ3n) is 3.65. The van der Waals surface area contributed by atoms with Crippen LogP contribution >= 0.6 is 0 Å². The minimum absolute atomic E-state index is 0.00464. The molecule has 1 fully saturated rings. The van der Waals surface area contributed by atoms with Gasteiger partial charge in [-0.2, -0.15) is 0 Å². The Morgan fingerprint density at radius 1 is 1.57 bits per heavy atom. The molecule has 21 heavy (non-hydrogen) atoms. The van der Waals surface area contributed by atoms with Crippen molar-refractivity contribution in [3.63, 3.8) is 0 Å². The number of ether oxygens (including phenoxy) is 1. The van der Waals surface area contributed by atoms with E-state index in [9.17, 15) is 9.90 Å². The molecule has 1 heterocycles. The molecular weight excluding hydrogens is 270 g/mol. The average molecular weight is 293 g/mol. The Labute approximate surface area is 124 Å². The van der Waals surface area contributed by atoms with Crippen LogP contribution in [0.2, 0.25) is 0 Å². The van der Waals surface area contributed by atoms with E-state index in [0.717, 1.165) is 12.1 Å². The number of piperazine rings is 1. The molecule has 0 radical (unpaired) electrons. The van der Waals surface area contributed by atoms with Crippen LogP contribution in [0.25, 0.3) is 0 Å². The first-order valence-electron chi connectivity index (χ1n) is 7.22. The summed E-state index contributed by atoms with van der Waals surface area (Å²) < 4.78 is 5.58. The zero-order chi connectivity index (χ0) is 15.2. The molecule has 116 valence electrons. The molecular formula is C15H23N3O3. The van der Waals surface area contributed by atoms with Gasteiger partial charge in [-0.05, 0) is 24.6 Å². The fourth-order valence-electron chi connectivity index (χ4n) is 2.36. The Balaban J connectivity index is 1.81. The summed E-state index contributed by atoms with van der Waals surface area (Å²) >= 11 is 0. The van der Waals surface area contributed by atoms with Crippen molar-refractivity contribution in [3.05, 3.63) is 29.8 Å². The van der Waals surface area contributed by atoms with Crippen molar-refractivity contribution in [2.24, 2.45) is 5.73 Å². The summed E-state index contributed by atoms with van der Waals surface area (Å²) in [4.78, 5) is 13.5. The molecule has 0 saturated carbocycles. The van der Waals surface area contributed by atoms with Gasteiger partial charge in [0.25, 0.3) is 0 Å². The molecule has 0 bridgehead atoms. The molecule has 6 heteroatoms. The monoisotopic (exact) mass is 293 g/mol. The Morgan fingerprint density at radius 3 is 3.14 bits per heavy atom. The van der Waals surface area contributed by atoms with Gasteiger partial charge < -0.3 is 20.9 Å². The van der Waals surface area contributed by atoms with Gasteiger partial charge in [0.15, 0.2) is 0 Å². The van der Waals surface area contributed by atoms with Crippen molar-refractivity contribution in [2.45, 2.75) is 25.6 Å². The second kappa shape index (κ2) is 7.40. The SMILES string of the molecule is CC1C(=O)NCCN1CC(O)COc1cccc(CN)c1. The molecule has 0 aromatic heterocycles. The second-order valence-corrected chi connectivity index (χ2v) is 5.28. The van der Waals surface area contributed by atoms with Gasteiger partial charge in [0, 0.05) is 26.2 Å². The molecule has 0 spiro atoms. The number of aliphatic hydroxyl groups excluding tert-OH is 1. The van der Waals surface area contributed by atoms with Crippen LogP contribution in [0.4, 0.5) is 0 Å². The van der Waals surface area contributed by atoms with E-state index in [1.54, 1.807) is 0 Å². The number of nitrogens with zero attached hydrogens (tertiary/aromatic N) is 1. The lowest BCUT2D eigenvalue weighted by molar-refractivity contribution is -0.129. The molecule has 4 N–H and O–H groups in total. The molecule has 6 nitrogen and oxygen atoms in total. The summed E-state index contributed by atoms with van der Waals surface area (Å²) in [6.07, 6.45) is -0.639. The molecule has 0 aliphatic carbocycles. The highest BCUT2D eigenvalue weighted by Crippen LogP contribution is 2.13. The van der Waals surface area contributed by atoms with Gasteiger partial charge in [-0.3, -0.25) is 9.69 Å². The van der Waals surface area contributed by atoms with Gasteiger partial charge in [0.1, 0.15) is 18.5 Å². The maximum absolute atomic E-state index is 11.6. The Bertz CT molecular complexity index is 481. The van der Waals surface area contributed by atoms with Crippen LogP contribution in [0.3, 0.4) is 0 Å². The Morgan fingerprint density at radius 2 is 2.38 bits per heavy atom. The van der Waals surface area contributed by atoms with Crippen molar-refractivity contribution in [1.82, 2.24) is 10.2 Å². The predicted molar refractivity (Wildman–Crippen MR) is 79.9 cm³/mol. The number of hydrogen-bond donors (Lipinski definition) is 3. The largest absolute Gasteiger partial charge is 0.491 e. The number of nitrogens with one attached hydrogen (secondary N) is 1. The van der Waals surface area contributed by atoms with Crippen LogP contribution in [0.1, 0.15) is 12.5 Å². The smallest absolute Gasteiger partial charge is 0.237 e.